The average Bonchev–Trinajstić information content (AvgIpc) is 1.23. The van der Waals surface area contributed by atoms with Gasteiger partial charge in [-0.2, -0.15) is 4.98 Å². The molecular formula is C75H127N7O8S2. The predicted molar refractivity (Wildman–Crippen MR) is 394 cm³/mol. The Morgan fingerprint density at radius 2 is 1.09 bits per heavy atom. The van der Waals surface area contributed by atoms with E-state index >= 15 is 0 Å². The summed E-state index contributed by atoms with van der Waals surface area (Å²) in [6, 6.07) is 28.9. The Morgan fingerprint density at radius 1 is 0.565 bits per heavy atom. The fraction of sp³-hybridized carbons (Fsp3) is 0.560. The number of para-hydroxylation sites is 1. The maximum Gasteiger partial charge on any atom is 0.257 e. The molecule has 0 spiro atoms. The number of nitrogens with one attached hydrogen (secondary N) is 2. The van der Waals surface area contributed by atoms with Crippen LogP contribution in [0.5, 0.6) is 23.3 Å². The van der Waals surface area contributed by atoms with Crippen LogP contribution in [0.25, 0.3) is 0 Å². The molecule has 15 nitrogen and oxygen atoms in total. The summed E-state index contributed by atoms with van der Waals surface area (Å²) in [5.41, 5.74) is 8.13. The average molecular weight is 1320 g/mol. The molecule has 0 saturated heterocycles. The number of ether oxygens (including phenoxy) is 3. The van der Waals surface area contributed by atoms with Crippen LogP contribution in [-0.2, 0) is 32.0 Å². The molecule has 1 amide bonds. The van der Waals surface area contributed by atoms with E-state index in [2.05, 4.69) is 161 Å². The number of methoxy groups -OCH3 is 2. The number of carbonyl (C=O) groups excluding carboxylic acids is 1. The normalized spacial score (nSPS) is 10.2. The molecule has 0 fully saturated rings. The molecule has 17 heteroatoms. The third-order valence-corrected chi connectivity index (χ3v) is 13.8. The molecule has 6 rings (SSSR count). The van der Waals surface area contributed by atoms with Crippen LogP contribution in [0.2, 0.25) is 0 Å². The van der Waals surface area contributed by atoms with E-state index in [1.807, 2.05) is 132 Å². The molecule has 92 heavy (non-hydrogen) atoms. The number of hydrogen-bond acceptors (Lipinski definition) is 13. The highest BCUT2D eigenvalue weighted by atomic mass is 32.2. The first-order valence-corrected chi connectivity index (χ1v) is 36.7. The Morgan fingerprint density at radius 3 is 1.52 bits per heavy atom. The van der Waals surface area contributed by atoms with Crippen LogP contribution in [-0.4, -0.2) is 90.8 Å². The predicted octanol–water partition coefficient (Wildman–Crippen LogP) is 19.7. The zero-order valence-electron chi connectivity index (χ0n) is 62.5. The number of nitrogens with zero attached hydrogens (tertiary/aromatic N) is 5. The van der Waals surface area contributed by atoms with E-state index in [-0.39, 0.29) is 22.5 Å². The third-order valence-electron chi connectivity index (χ3n) is 11.5. The Hall–Kier alpha value is -6.43. The van der Waals surface area contributed by atoms with Crippen molar-refractivity contribution < 1.29 is 35.8 Å². The lowest BCUT2D eigenvalue weighted by Gasteiger charge is -2.17. The minimum atomic E-state index is -3.39. The van der Waals surface area contributed by atoms with E-state index in [1.165, 1.54) is 55.7 Å². The maximum atomic E-state index is 11.8. The number of amides is 1. The van der Waals surface area contributed by atoms with Crippen molar-refractivity contribution in [3.8, 4) is 23.3 Å². The molecule has 3 aromatic heterocycles. The molecule has 522 valence electrons. The summed E-state index contributed by atoms with van der Waals surface area (Å²) in [6.45, 7) is 46.6. The minimum Gasteiger partial charge on any atom is -0.481 e. The van der Waals surface area contributed by atoms with Crippen molar-refractivity contribution in [1.29, 1.82) is 0 Å². The summed E-state index contributed by atoms with van der Waals surface area (Å²) in [4.78, 5) is 30.7. The Kier molecular flexibility index (Phi) is 54.0. The van der Waals surface area contributed by atoms with Gasteiger partial charge in [0.05, 0.1) is 25.7 Å². The van der Waals surface area contributed by atoms with Crippen LogP contribution in [0.4, 0.5) is 5.69 Å². The highest BCUT2D eigenvalue weighted by molar-refractivity contribution is 7.90. The van der Waals surface area contributed by atoms with Crippen molar-refractivity contribution in [2.75, 3.05) is 53.1 Å². The lowest BCUT2D eigenvalue weighted by Crippen LogP contribution is -2.24. The summed E-state index contributed by atoms with van der Waals surface area (Å²) in [7, 11) is 2.52. The smallest absolute Gasteiger partial charge is 0.257 e. The van der Waals surface area contributed by atoms with Gasteiger partial charge in [0.25, 0.3) is 11.8 Å². The van der Waals surface area contributed by atoms with Crippen LogP contribution >= 0.6 is 0 Å². The third kappa shape index (κ3) is 43.4. The number of benzene rings is 3. The molecule has 0 bridgehead atoms. The van der Waals surface area contributed by atoms with Gasteiger partial charge in [0.2, 0.25) is 15.9 Å². The molecule has 2 N–H and O–H groups in total. The molecule has 6 aromatic rings. The summed E-state index contributed by atoms with van der Waals surface area (Å²) in [5, 5.41) is 2.66. The van der Waals surface area contributed by atoms with Gasteiger partial charge in [-0.1, -0.05) is 227 Å². The highest BCUT2D eigenvalue weighted by Crippen LogP contribution is 2.32. The monoisotopic (exact) mass is 1320 g/mol. The van der Waals surface area contributed by atoms with Gasteiger partial charge >= 0.3 is 0 Å². The number of aryl methyl sites for hydroxylation is 1. The fourth-order valence-electron chi connectivity index (χ4n) is 6.72. The number of rotatable bonds is 18. The van der Waals surface area contributed by atoms with Crippen LogP contribution in [0, 0.1) is 0 Å². The van der Waals surface area contributed by atoms with Gasteiger partial charge in [-0.25, -0.2) is 31.5 Å². The zero-order valence-corrected chi connectivity index (χ0v) is 64.1. The second-order valence-corrected chi connectivity index (χ2v) is 27.5. The molecular weight excluding hydrogens is 1190 g/mol. The van der Waals surface area contributed by atoms with Crippen LogP contribution in [0.15, 0.2) is 114 Å². The van der Waals surface area contributed by atoms with Gasteiger partial charge < -0.3 is 24.4 Å². The van der Waals surface area contributed by atoms with Gasteiger partial charge in [-0.05, 0) is 106 Å². The first-order valence-electron chi connectivity index (χ1n) is 33.2. The number of pyridine rings is 2. The van der Waals surface area contributed by atoms with Crippen molar-refractivity contribution in [3.05, 3.63) is 154 Å². The van der Waals surface area contributed by atoms with Crippen molar-refractivity contribution in [3.63, 3.8) is 0 Å². The van der Waals surface area contributed by atoms with E-state index < -0.39 is 19.9 Å². The largest absolute Gasteiger partial charge is 0.481 e. The van der Waals surface area contributed by atoms with E-state index in [0.29, 0.717) is 47.7 Å². The second-order valence-electron chi connectivity index (χ2n) is 23.6. The van der Waals surface area contributed by atoms with E-state index in [0.717, 1.165) is 58.1 Å². The van der Waals surface area contributed by atoms with Gasteiger partial charge in [0.15, 0.2) is 15.6 Å². The lowest BCUT2D eigenvalue weighted by molar-refractivity contribution is 0.0963. The first kappa shape index (κ1) is 92.0. The molecule has 0 unspecified atom stereocenters. The number of hydrogen-bond donors (Lipinski definition) is 2. The summed E-state index contributed by atoms with van der Waals surface area (Å²) in [6.07, 6.45) is 14.0. The standard InChI is InChI=1S/C15H17NO2.C13H20N2O.C11H18N2O2S.C11H16O2S.C10H16N2O.5C3H8/c1-11(2)12-9-14(15(17-3)16-10-12)18-13-7-5-4-6-8-13;1-9(2)10-6-11(13(16)14-3)8-12(7-10)15(4)5;1-4-5-13-16(14,15)11-6-10(9(2)3)7-12-8-11;1-9(2)11-6-4-5-10(7-11)8-14(3,12)13;1-5-9-11-8(7(2)3)6-10(12-9)13-4;5*1-3-2/h4-11H,1-3H3;6-9H,1-5H3,(H,14,16);6-9,13H,4-5H2,1-3H3;4-7,9H,8H2,1-3H3;6-7H,5H2,1-4H3;5*3H2,1-2H3. The molecule has 3 aromatic carbocycles. The first-order chi connectivity index (χ1) is 43.2. The Balaban J connectivity index is -0.000000499. The highest BCUT2D eigenvalue weighted by Gasteiger charge is 2.16. The number of carbonyl (C=O) groups is 1. The van der Waals surface area contributed by atoms with Crippen LogP contribution in [0.3, 0.4) is 0 Å². The summed E-state index contributed by atoms with van der Waals surface area (Å²) < 4.78 is 64.4. The quantitative estimate of drug-likeness (QED) is 0.0827. The van der Waals surface area contributed by atoms with Crippen molar-refractivity contribution in [2.24, 2.45) is 0 Å². The number of anilines is 1. The minimum absolute atomic E-state index is 0.0365. The molecule has 0 radical (unpaired) electrons. The SMILES string of the molecule is CC(C)c1cccc(CS(C)(=O)=O)c1.CCC.CCC.CCC.CCC.CCC.CCCNS(=O)(=O)c1cncc(C(C)C)c1.CCc1nc(OC)cc(C(C)C)n1.CNC(=O)c1cc(C(C)C)cc(N(C)C)c1.COc1ncc(C(C)C)cc1Oc1ccccc1. The molecule has 0 aliphatic heterocycles. The fourth-order valence-corrected chi connectivity index (χ4v) is 8.64. The van der Waals surface area contributed by atoms with Crippen LogP contribution < -0.4 is 29.1 Å². The van der Waals surface area contributed by atoms with E-state index in [4.69, 9.17) is 14.2 Å². The molecule has 0 atom stereocenters. The van der Waals surface area contributed by atoms with E-state index in [9.17, 15) is 21.6 Å². The maximum absolute atomic E-state index is 11.8. The molecule has 3 heterocycles. The van der Waals surface area contributed by atoms with Crippen molar-refractivity contribution in [2.45, 2.75) is 238 Å². The number of sulfone groups is 1. The molecule has 0 aliphatic carbocycles. The molecule has 0 saturated carbocycles. The van der Waals surface area contributed by atoms with Gasteiger partial charge in [0.1, 0.15) is 16.5 Å². The lowest BCUT2D eigenvalue weighted by atomic mass is 9.99. The topological polar surface area (TPSA) is 192 Å². The van der Waals surface area contributed by atoms with Gasteiger partial charge in [-0.15, -0.1) is 0 Å². The number of aromatic nitrogens is 4. The molecule has 0 aliphatic rings. The van der Waals surface area contributed by atoms with Gasteiger partial charge in [0, 0.05) is 76.3 Å². The van der Waals surface area contributed by atoms with Crippen molar-refractivity contribution in [1.82, 2.24) is 30.0 Å². The Labute approximate surface area is 562 Å². The van der Waals surface area contributed by atoms with Crippen molar-refractivity contribution >= 4 is 31.5 Å². The summed E-state index contributed by atoms with van der Waals surface area (Å²) in [5.74, 6) is 5.49. The second kappa shape index (κ2) is 54.0. The van der Waals surface area contributed by atoms with E-state index in [1.54, 1.807) is 33.5 Å². The van der Waals surface area contributed by atoms with Gasteiger partial charge in [-0.3, -0.25) is 9.78 Å². The number of sulfonamides is 1. The van der Waals surface area contributed by atoms with Crippen LogP contribution in [0.1, 0.15) is 270 Å². The summed E-state index contributed by atoms with van der Waals surface area (Å²) >= 11 is 0. The zero-order chi connectivity index (χ0) is 71.6. The Bertz CT molecular complexity index is 2980.